The van der Waals surface area contributed by atoms with Gasteiger partial charge in [0.2, 0.25) is 0 Å². The Balaban J connectivity index is 2.91. The van der Waals surface area contributed by atoms with Gasteiger partial charge in [-0.1, -0.05) is 23.8 Å². The Labute approximate surface area is 80.1 Å². The van der Waals surface area contributed by atoms with Gasteiger partial charge in [-0.25, -0.2) is 9.97 Å². The molecule has 0 unspecified atom stereocenters. The number of rotatable bonds is 3. The number of oxime groups is 1. The normalized spacial score (nSPS) is 11.6. The summed E-state index contributed by atoms with van der Waals surface area (Å²) in [6.07, 6.45) is 1.58. The fourth-order valence-electron chi connectivity index (χ4n) is 0.733. The number of amidine groups is 1. The molecule has 0 aliphatic rings. The van der Waals surface area contributed by atoms with Gasteiger partial charge in [-0.2, -0.15) is 0 Å². The highest BCUT2D eigenvalue weighted by Crippen LogP contribution is 2.10. The van der Waals surface area contributed by atoms with Crippen LogP contribution in [0, 0.1) is 0 Å². The van der Waals surface area contributed by atoms with E-state index in [4.69, 9.17) is 10.9 Å². The van der Waals surface area contributed by atoms with Crippen molar-refractivity contribution in [2.75, 3.05) is 5.75 Å². The van der Waals surface area contributed by atoms with Crippen LogP contribution in [0.25, 0.3) is 0 Å². The number of hydrogen-bond acceptors (Lipinski definition) is 5. The number of nitrogens with zero attached hydrogens (tertiary/aromatic N) is 3. The number of nitrogens with two attached hydrogens (primary N) is 1. The summed E-state index contributed by atoms with van der Waals surface area (Å²) in [5, 5.41) is 11.9. The maximum absolute atomic E-state index is 8.40. The van der Waals surface area contributed by atoms with E-state index in [1.807, 2.05) is 6.92 Å². The number of aromatic nitrogens is 2. The van der Waals surface area contributed by atoms with Gasteiger partial charge in [0, 0.05) is 6.20 Å². The van der Waals surface area contributed by atoms with Gasteiger partial charge >= 0.3 is 0 Å². The molecule has 1 aromatic heterocycles. The van der Waals surface area contributed by atoms with E-state index in [0.29, 0.717) is 10.9 Å². The lowest BCUT2D eigenvalue weighted by Crippen LogP contribution is -2.15. The van der Waals surface area contributed by atoms with Gasteiger partial charge < -0.3 is 10.9 Å². The van der Waals surface area contributed by atoms with Gasteiger partial charge in [-0.3, -0.25) is 0 Å². The summed E-state index contributed by atoms with van der Waals surface area (Å²) < 4.78 is 0. The second-order valence-corrected chi connectivity index (χ2v) is 3.37. The average molecular weight is 198 g/mol. The summed E-state index contributed by atoms with van der Waals surface area (Å²) in [5.41, 5.74) is 5.80. The molecule has 0 bridgehead atoms. The minimum Gasteiger partial charge on any atom is -0.409 e. The molecule has 0 atom stereocenters. The van der Waals surface area contributed by atoms with Crippen molar-refractivity contribution in [3.05, 3.63) is 18.0 Å². The monoisotopic (exact) mass is 198 g/mol. The fourth-order valence-corrected chi connectivity index (χ4v) is 1.29. The summed E-state index contributed by atoms with van der Waals surface area (Å²) in [5.74, 6) is 0.889. The molecule has 6 heteroatoms. The summed E-state index contributed by atoms with van der Waals surface area (Å²) in [6.45, 7) is 2.00. The molecule has 13 heavy (non-hydrogen) atoms. The second-order valence-electron chi connectivity index (χ2n) is 2.14. The smallest absolute Gasteiger partial charge is 0.188 e. The molecule has 0 radical (unpaired) electrons. The zero-order valence-electron chi connectivity index (χ0n) is 7.14. The molecule has 0 spiro atoms. The molecule has 0 fully saturated rings. The Hall–Kier alpha value is -1.30. The van der Waals surface area contributed by atoms with Crippen LogP contribution in [-0.4, -0.2) is 26.8 Å². The molecule has 0 aliphatic heterocycles. The SMILES string of the molecule is CCSc1nccc(/C(N)=N/O)n1. The van der Waals surface area contributed by atoms with Crippen LogP contribution in [0.15, 0.2) is 22.6 Å². The van der Waals surface area contributed by atoms with Crippen LogP contribution in [0.4, 0.5) is 0 Å². The molecule has 3 N–H and O–H groups in total. The lowest BCUT2D eigenvalue weighted by atomic mass is 10.4. The van der Waals surface area contributed by atoms with E-state index in [1.165, 1.54) is 11.8 Å². The van der Waals surface area contributed by atoms with Crippen molar-refractivity contribution >= 4 is 17.6 Å². The van der Waals surface area contributed by atoms with Crippen LogP contribution in [0.3, 0.4) is 0 Å². The van der Waals surface area contributed by atoms with E-state index in [1.54, 1.807) is 12.3 Å². The Morgan fingerprint density at radius 2 is 2.54 bits per heavy atom. The van der Waals surface area contributed by atoms with E-state index in [0.717, 1.165) is 5.75 Å². The molecule has 1 heterocycles. The third kappa shape index (κ3) is 2.59. The molecular weight excluding hydrogens is 188 g/mol. The first-order valence-corrected chi connectivity index (χ1v) is 4.70. The van der Waals surface area contributed by atoms with E-state index < -0.39 is 0 Å². The van der Waals surface area contributed by atoms with Gasteiger partial charge in [-0.15, -0.1) is 0 Å². The zero-order chi connectivity index (χ0) is 9.68. The highest BCUT2D eigenvalue weighted by atomic mass is 32.2. The van der Waals surface area contributed by atoms with Crippen molar-refractivity contribution in [1.29, 1.82) is 0 Å². The zero-order valence-corrected chi connectivity index (χ0v) is 7.95. The topological polar surface area (TPSA) is 84.4 Å². The maximum atomic E-state index is 8.40. The highest BCUT2D eigenvalue weighted by molar-refractivity contribution is 7.99. The van der Waals surface area contributed by atoms with Gasteiger partial charge in [-0.05, 0) is 11.8 Å². The molecule has 70 valence electrons. The van der Waals surface area contributed by atoms with Gasteiger partial charge in [0.05, 0.1) is 0 Å². The van der Waals surface area contributed by atoms with Crippen LogP contribution < -0.4 is 5.73 Å². The second kappa shape index (κ2) is 4.66. The molecule has 0 aromatic carbocycles. The van der Waals surface area contributed by atoms with Crippen LogP contribution in [0.5, 0.6) is 0 Å². The Morgan fingerprint density at radius 3 is 3.15 bits per heavy atom. The lowest BCUT2D eigenvalue weighted by molar-refractivity contribution is 0.318. The van der Waals surface area contributed by atoms with Crippen LogP contribution in [0.1, 0.15) is 12.6 Å². The van der Waals surface area contributed by atoms with Crippen molar-refractivity contribution in [2.45, 2.75) is 12.1 Å². The molecule has 0 aliphatic carbocycles. The predicted octanol–water partition coefficient (Wildman–Crippen LogP) is 0.683. The van der Waals surface area contributed by atoms with Gasteiger partial charge in [0.25, 0.3) is 0 Å². The molecular formula is C7H10N4OS. The minimum absolute atomic E-state index is 0.000327. The minimum atomic E-state index is 0.000327. The van der Waals surface area contributed by atoms with Crippen molar-refractivity contribution in [3.63, 3.8) is 0 Å². The summed E-state index contributed by atoms with van der Waals surface area (Å²) in [6, 6.07) is 1.59. The molecule has 0 saturated heterocycles. The van der Waals surface area contributed by atoms with E-state index >= 15 is 0 Å². The summed E-state index contributed by atoms with van der Waals surface area (Å²) >= 11 is 1.50. The van der Waals surface area contributed by atoms with Crippen molar-refractivity contribution < 1.29 is 5.21 Å². The first-order chi connectivity index (χ1) is 6.27. The third-order valence-corrected chi connectivity index (χ3v) is 2.02. The van der Waals surface area contributed by atoms with E-state index in [9.17, 15) is 0 Å². The molecule has 1 rings (SSSR count). The van der Waals surface area contributed by atoms with Gasteiger partial charge in [0.15, 0.2) is 11.0 Å². The average Bonchev–Trinajstić information content (AvgIpc) is 2.18. The molecule has 0 amide bonds. The third-order valence-electron chi connectivity index (χ3n) is 1.28. The van der Waals surface area contributed by atoms with E-state index in [2.05, 4.69) is 15.1 Å². The molecule has 5 nitrogen and oxygen atoms in total. The largest absolute Gasteiger partial charge is 0.409 e. The summed E-state index contributed by atoms with van der Waals surface area (Å²) in [4.78, 5) is 8.07. The fraction of sp³-hybridized carbons (Fsp3) is 0.286. The van der Waals surface area contributed by atoms with Crippen LogP contribution >= 0.6 is 11.8 Å². The summed E-state index contributed by atoms with van der Waals surface area (Å²) in [7, 11) is 0. The van der Waals surface area contributed by atoms with Crippen molar-refractivity contribution in [1.82, 2.24) is 9.97 Å². The van der Waals surface area contributed by atoms with Crippen molar-refractivity contribution in [3.8, 4) is 0 Å². The van der Waals surface area contributed by atoms with E-state index in [-0.39, 0.29) is 5.84 Å². The molecule has 1 aromatic rings. The number of hydrogen-bond donors (Lipinski definition) is 2. The first-order valence-electron chi connectivity index (χ1n) is 3.71. The van der Waals surface area contributed by atoms with Crippen LogP contribution in [0.2, 0.25) is 0 Å². The standard InChI is InChI=1S/C7H10N4OS/c1-2-13-7-9-4-3-5(10-7)6(8)11-12/h3-4,12H,2H2,1H3,(H2,8,11). The number of thioether (sulfide) groups is 1. The first kappa shape index (κ1) is 9.79. The molecule has 0 saturated carbocycles. The Morgan fingerprint density at radius 1 is 1.77 bits per heavy atom. The van der Waals surface area contributed by atoms with Gasteiger partial charge in [0.1, 0.15) is 5.69 Å². The quantitative estimate of drug-likeness (QED) is 0.186. The maximum Gasteiger partial charge on any atom is 0.188 e. The Bertz CT molecular complexity index is 315. The predicted molar refractivity (Wildman–Crippen MR) is 50.9 cm³/mol. The Kier molecular flexibility index (Phi) is 3.51. The van der Waals surface area contributed by atoms with Crippen LogP contribution in [-0.2, 0) is 0 Å². The highest BCUT2D eigenvalue weighted by Gasteiger charge is 2.02. The lowest BCUT2D eigenvalue weighted by Gasteiger charge is -1.99. The van der Waals surface area contributed by atoms with Crippen molar-refractivity contribution in [2.24, 2.45) is 10.9 Å².